The first-order chi connectivity index (χ1) is 16.6. The van der Waals surface area contributed by atoms with Gasteiger partial charge < -0.3 is 20.1 Å². The molecule has 2 aliphatic rings. The predicted molar refractivity (Wildman–Crippen MR) is 133 cm³/mol. The van der Waals surface area contributed by atoms with E-state index in [4.69, 9.17) is 4.74 Å². The highest BCUT2D eigenvalue weighted by atomic mass is 16.5. The summed E-state index contributed by atoms with van der Waals surface area (Å²) in [4.78, 5) is 39.0. The van der Waals surface area contributed by atoms with Crippen molar-refractivity contribution >= 4 is 18.0 Å². The third-order valence-corrected chi connectivity index (χ3v) is 7.79. The Morgan fingerprint density at radius 2 is 1.66 bits per heavy atom. The van der Waals surface area contributed by atoms with Gasteiger partial charge in [0.05, 0.1) is 5.41 Å². The molecule has 2 amide bonds. The van der Waals surface area contributed by atoms with E-state index >= 15 is 0 Å². The summed E-state index contributed by atoms with van der Waals surface area (Å²) >= 11 is 0. The number of nitrogens with zero attached hydrogens (tertiary/aromatic N) is 1. The molecule has 0 radical (unpaired) electrons. The van der Waals surface area contributed by atoms with Gasteiger partial charge in [-0.3, -0.25) is 9.59 Å². The van der Waals surface area contributed by atoms with Crippen LogP contribution in [0.5, 0.6) is 0 Å². The number of ether oxygens (including phenoxy) is 1. The molecule has 1 aliphatic carbocycles. The van der Waals surface area contributed by atoms with Crippen molar-refractivity contribution in [3.63, 3.8) is 0 Å². The van der Waals surface area contributed by atoms with Crippen LogP contribution in [0.2, 0.25) is 0 Å². The lowest BCUT2D eigenvalue weighted by atomic mass is 9.81. The number of carboxylic acids is 1. The van der Waals surface area contributed by atoms with Crippen molar-refractivity contribution in [2.75, 3.05) is 19.7 Å². The van der Waals surface area contributed by atoms with Crippen LogP contribution in [0, 0.1) is 17.3 Å². The Morgan fingerprint density at radius 3 is 2.17 bits per heavy atom. The Morgan fingerprint density at radius 1 is 1.09 bits per heavy atom. The maximum absolute atomic E-state index is 13.0. The number of carboxylic acid groups (broad SMARTS) is 1. The molecule has 0 spiro atoms. The molecule has 2 aromatic carbocycles. The highest BCUT2D eigenvalue weighted by Gasteiger charge is 2.48. The fraction of sp³-hybridized carbons (Fsp3) is 0.464. The lowest BCUT2D eigenvalue weighted by molar-refractivity contribution is -0.149. The van der Waals surface area contributed by atoms with Crippen LogP contribution in [0.25, 0.3) is 11.1 Å². The molecule has 7 heteroatoms. The second kappa shape index (κ2) is 9.72. The smallest absolute Gasteiger partial charge is 0.407 e. The molecule has 2 aromatic rings. The van der Waals surface area contributed by atoms with Gasteiger partial charge in [-0.1, -0.05) is 69.3 Å². The van der Waals surface area contributed by atoms with Crippen LogP contribution in [-0.2, 0) is 14.3 Å². The standard InChI is InChI=1S/C28H34N2O5/c1-17(2)24(13-25(31)30-14-18(3)28(4,16-30)26(32)33)29-27(34)35-15-23-21-11-7-5-9-19(21)20-10-6-8-12-22(20)23/h5-12,17-18,23-24H,13-16H2,1-4H3,(H,29,34)(H,32,33)/t18?,24-,28?/m0/s1. The molecule has 0 saturated carbocycles. The molecular formula is C28H34N2O5. The largest absolute Gasteiger partial charge is 0.481 e. The van der Waals surface area contributed by atoms with Crippen LogP contribution in [-0.4, -0.2) is 53.7 Å². The quantitative estimate of drug-likeness (QED) is 0.611. The summed E-state index contributed by atoms with van der Waals surface area (Å²) in [5, 5.41) is 12.5. The van der Waals surface area contributed by atoms with Crippen molar-refractivity contribution in [1.82, 2.24) is 10.2 Å². The third kappa shape index (κ3) is 4.77. The van der Waals surface area contributed by atoms with Gasteiger partial charge >= 0.3 is 12.1 Å². The average molecular weight is 479 g/mol. The lowest BCUT2D eigenvalue weighted by Crippen LogP contribution is -2.44. The van der Waals surface area contributed by atoms with Crippen molar-refractivity contribution in [2.24, 2.45) is 17.3 Å². The minimum Gasteiger partial charge on any atom is -0.481 e. The normalized spacial score (nSPS) is 22.0. The molecule has 3 atom stereocenters. The molecule has 4 rings (SSSR count). The molecule has 7 nitrogen and oxygen atoms in total. The molecular weight excluding hydrogens is 444 g/mol. The number of amides is 2. The summed E-state index contributed by atoms with van der Waals surface area (Å²) in [7, 11) is 0. The first-order valence-electron chi connectivity index (χ1n) is 12.2. The molecule has 2 unspecified atom stereocenters. The highest BCUT2D eigenvalue weighted by Crippen LogP contribution is 2.44. The molecule has 1 saturated heterocycles. The van der Waals surface area contributed by atoms with Gasteiger partial charge in [-0.25, -0.2) is 4.79 Å². The number of hydrogen-bond acceptors (Lipinski definition) is 4. The van der Waals surface area contributed by atoms with Crippen molar-refractivity contribution in [1.29, 1.82) is 0 Å². The maximum Gasteiger partial charge on any atom is 0.407 e. The van der Waals surface area contributed by atoms with Crippen LogP contribution < -0.4 is 5.32 Å². The maximum atomic E-state index is 13.0. The van der Waals surface area contributed by atoms with Crippen LogP contribution in [0.4, 0.5) is 4.79 Å². The van der Waals surface area contributed by atoms with Gasteiger partial charge in [0.1, 0.15) is 6.61 Å². The summed E-state index contributed by atoms with van der Waals surface area (Å²) in [6.45, 7) is 8.21. The second-order valence-corrected chi connectivity index (χ2v) is 10.4. The van der Waals surface area contributed by atoms with Crippen molar-refractivity contribution in [3.05, 3.63) is 59.7 Å². The topological polar surface area (TPSA) is 95.9 Å². The number of rotatable bonds is 7. The second-order valence-electron chi connectivity index (χ2n) is 10.4. The predicted octanol–water partition coefficient (Wildman–Crippen LogP) is 4.51. The van der Waals surface area contributed by atoms with Crippen LogP contribution in [0.3, 0.4) is 0 Å². The van der Waals surface area contributed by atoms with E-state index in [9.17, 15) is 19.5 Å². The van der Waals surface area contributed by atoms with Crippen LogP contribution in [0.1, 0.15) is 51.2 Å². The number of nitrogens with one attached hydrogen (secondary N) is 1. The van der Waals surface area contributed by atoms with E-state index in [1.165, 1.54) is 0 Å². The van der Waals surface area contributed by atoms with E-state index in [2.05, 4.69) is 29.6 Å². The molecule has 35 heavy (non-hydrogen) atoms. The van der Waals surface area contributed by atoms with Gasteiger partial charge in [0, 0.05) is 31.5 Å². The Kier molecular flexibility index (Phi) is 6.88. The van der Waals surface area contributed by atoms with Crippen molar-refractivity contribution in [2.45, 2.75) is 46.1 Å². The zero-order chi connectivity index (χ0) is 25.3. The highest BCUT2D eigenvalue weighted by molar-refractivity contribution is 5.82. The first kappa shape index (κ1) is 24.8. The zero-order valence-corrected chi connectivity index (χ0v) is 20.8. The molecule has 0 bridgehead atoms. The summed E-state index contributed by atoms with van der Waals surface area (Å²) in [5.41, 5.74) is 3.65. The number of carbonyl (C=O) groups is 3. The van der Waals surface area contributed by atoms with Gasteiger partial charge in [-0.15, -0.1) is 0 Å². The van der Waals surface area contributed by atoms with E-state index in [0.29, 0.717) is 6.54 Å². The van der Waals surface area contributed by atoms with E-state index < -0.39 is 23.5 Å². The van der Waals surface area contributed by atoms with Crippen LogP contribution >= 0.6 is 0 Å². The zero-order valence-electron chi connectivity index (χ0n) is 20.8. The number of likely N-dealkylation sites (tertiary alicyclic amines) is 1. The third-order valence-electron chi connectivity index (χ3n) is 7.79. The van der Waals surface area contributed by atoms with Gasteiger partial charge in [-0.2, -0.15) is 0 Å². The minimum atomic E-state index is -0.955. The molecule has 186 valence electrons. The lowest BCUT2D eigenvalue weighted by Gasteiger charge is -2.26. The van der Waals surface area contributed by atoms with Gasteiger partial charge in [0.15, 0.2) is 0 Å². The van der Waals surface area contributed by atoms with Crippen molar-refractivity contribution < 1.29 is 24.2 Å². The van der Waals surface area contributed by atoms with E-state index in [1.807, 2.05) is 45.0 Å². The Labute approximate surface area is 206 Å². The number of aliphatic carboxylic acids is 1. The monoisotopic (exact) mass is 478 g/mol. The molecule has 1 fully saturated rings. The fourth-order valence-corrected chi connectivity index (χ4v) is 5.18. The average Bonchev–Trinajstić information content (AvgIpc) is 3.32. The van der Waals surface area contributed by atoms with E-state index in [0.717, 1.165) is 22.3 Å². The van der Waals surface area contributed by atoms with E-state index in [-0.39, 0.29) is 43.2 Å². The summed E-state index contributed by atoms with van der Waals surface area (Å²) in [5.74, 6) is -1.22. The van der Waals surface area contributed by atoms with Crippen LogP contribution in [0.15, 0.2) is 48.5 Å². The Balaban J connectivity index is 1.37. The number of alkyl carbamates (subject to hydrolysis) is 1. The number of carbonyl (C=O) groups excluding carboxylic acids is 2. The van der Waals surface area contributed by atoms with Gasteiger partial charge in [0.25, 0.3) is 0 Å². The number of fused-ring (bicyclic) bond motifs is 3. The number of hydrogen-bond donors (Lipinski definition) is 2. The van der Waals surface area contributed by atoms with Crippen molar-refractivity contribution in [3.8, 4) is 11.1 Å². The molecule has 1 heterocycles. The number of benzene rings is 2. The summed E-state index contributed by atoms with van der Waals surface area (Å²) < 4.78 is 5.66. The van der Waals surface area contributed by atoms with E-state index in [1.54, 1.807) is 11.8 Å². The first-order valence-corrected chi connectivity index (χ1v) is 12.2. The fourth-order valence-electron chi connectivity index (χ4n) is 5.18. The Hall–Kier alpha value is -3.35. The summed E-state index contributed by atoms with van der Waals surface area (Å²) in [6.07, 6.45) is -0.451. The molecule has 1 aliphatic heterocycles. The SMILES string of the molecule is CC(C)[C@H](CC(=O)N1CC(C)C(C)(C(=O)O)C1)NC(=O)OCC1c2ccccc2-c2ccccc21. The molecule has 2 N–H and O–H groups in total. The Bertz CT molecular complexity index is 1080. The van der Waals surface area contributed by atoms with Gasteiger partial charge in [-0.05, 0) is 41.0 Å². The molecule has 0 aromatic heterocycles. The summed E-state index contributed by atoms with van der Waals surface area (Å²) in [6, 6.07) is 15.9. The minimum absolute atomic E-state index is 0.00492. The van der Waals surface area contributed by atoms with Gasteiger partial charge in [0.2, 0.25) is 5.91 Å².